The summed E-state index contributed by atoms with van der Waals surface area (Å²) in [5, 5.41) is 7.90. The zero-order chi connectivity index (χ0) is 15.5. The second-order valence-corrected chi connectivity index (χ2v) is 6.73. The van der Waals surface area contributed by atoms with E-state index in [4.69, 9.17) is 0 Å². The second kappa shape index (κ2) is 6.42. The molecule has 2 heterocycles. The molecule has 0 unspecified atom stereocenters. The van der Waals surface area contributed by atoms with E-state index in [1.54, 1.807) is 11.3 Å². The fraction of sp³-hybridized carbons (Fsp3) is 0.176. The summed E-state index contributed by atoms with van der Waals surface area (Å²) in [6.45, 7) is 3.99. The van der Waals surface area contributed by atoms with Crippen molar-refractivity contribution < 1.29 is 4.79 Å². The number of nitrogens with one attached hydrogen (secondary N) is 1. The van der Waals surface area contributed by atoms with Gasteiger partial charge in [-0.3, -0.25) is 4.79 Å². The number of carbonyl (C=O) groups excluding carboxylic acids is 1. The Labute approximate surface area is 137 Å². The van der Waals surface area contributed by atoms with Gasteiger partial charge in [-0.25, -0.2) is 4.98 Å². The maximum Gasteiger partial charge on any atom is 0.267 e. The van der Waals surface area contributed by atoms with Gasteiger partial charge < -0.3 is 5.32 Å². The Morgan fingerprint density at radius 3 is 2.64 bits per heavy atom. The minimum Gasteiger partial charge on any atom is -0.321 e. The second-order valence-electron chi connectivity index (χ2n) is 4.95. The fourth-order valence-electron chi connectivity index (χ4n) is 2.13. The van der Waals surface area contributed by atoms with Crippen LogP contribution in [0.3, 0.4) is 0 Å². The normalized spacial score (nSPS) is 10.6. The van der Waals surface area contributed by atoms with Crippen molar-refractivity contribution in [3.8, 4) is 10.6 Å². The number of nitrogens with zero attached hydrogens (tertiary/aromatic N) is 1. The molecule has 0 radical (unpaired) electrons. The zero-order valence-corrected chi connectivity index (χ0v) is 14.1. The van der Waals surface area contributed by atoms with Gasteiger partial charge in [-0.1, -0.05) is 19.1 Å². The summed E-state index contributed by atoms with van der Waals surface area (Å²) in [6.07, 6.45) is 0.992. The molecule has 0 saturated carbocycles. The van der Waals surface area contributed by atoms with Crippen molar-refractivity contribution in [3.05, 3.63) is 57.2 Å². The van der Waals surface area contributed by atoms with Crippen LogP contribution < -0.4 is 5.32 Å². The highest BCUT2D eigenvalue weighted by atomic mass is 32.1. The van der Waals surface area contributed by atoms with Crippen LogP contribution in [0.15, 0.2) is 41.1 Å². The number of hydrogen-bond donors (Lipinski definition) is 1. The number of aryl methyl sites for hydroxylation is 2. The van der Waals surface area contributed by atoms with E-state index in [1.807, 2.05) is 48.0 Å². The minimum atomic E-state index is -0.0965. The molecule has 0 fully saturated rings. The maximum absolute atomic E-state index is 12.4. The molecule has 2 aromatic heterocycles. The van der Waals surface area contributed by atoms with Gasteiger partial charge in [0.05, 0.1) is 5.69 Å². The number of thiophene rings is 1. The highest BCUT2D eigenvalue weighted by molar-refractivity contribution is 7.17. The largest absolute Gasteiger partial charge is 0.321 e. The van der Waals surface area contributed by atoms with Crippen LogP contribution in [0.1, 0.15) is 27.9 Å². The first-order valence-corrected chi connectivity index (χ1v) is 8.83. The van der Waals surface area contributed by atoms with Crippen molar-refractivity contribution in [1.29, 1.82) is 0 Å². The average Bonchev–Trinajstić information content (AvgIpc) is 3.17. The van der Waals surface area contributed by atoms with Crippen LogP contribution in [0, 0.1) is 6.92 Å². The number of hydrogen-bond acceptors (Lipinski definition) is 4. The molecule has 0 spiro atoms. The molecule has 0 aliphatic rings. The first-order chi connectivity index (χ1) is 10.7. The number of rotatable bonds is 4. The first-order valence-electron chi connectivity index (χ1n) is 7.07. The maximum atomic E-state index is 12.4. The third-order valence-corrected chi connectivity index (χ3v) is 5.28. The van der Waals surface area contributed by atoms with E-state index in [0.717, 1.165) is 28.4 Å². The fourth-order valence-corrected chi connectivity index (χ4v) is 3.80. The van der Waals surface area contributed by atoms with Gasteiger partial charge >= 0.3 is 0 Å². The van der Waals surface area contributed by atoms with Crippen LogP contribution in [0.4, 0.5) is 5.69 Å². The Kier molecular flexibility index (Phi) is 4.36. The zero-order valence-electron chi connectivity index (χ0n) is 12.4. The molecule has 1 amide bonds. The van der Waals surface area contributed by atoms with E-state index >= 15 is 0 Å². The molecule has 112 valence electrons. The summed E-state index contributed by atoms with van der Waals surface area (Å²) < 4.78 is 0. The molecule has 22 heavy (non-hydrogen) atoms. The van der Waals surface area contributed by atoms with Gasteiger partial charge in [-0.2, -0.15) is 11.3 Å². The van der Waals surface area contributed by atoms with Gasteiger partial charge in [0.15, 0.2) is 0 Å². The molecule has 0 bridgehead atoms. The lowest BCUT2D eigenvalue weighted by atomic mass is 10.1. The van der Waals surface area contributed by atoms with Crippen LogP contribution in [0.25, 0.3) is 10.6 Å². The summed E-state index contributed by atoms with van der Waals surface area (Å²) in [5.74, 6) is -0.0965. The van der Waals surface area contributed by atoms with Crippen LogP contribution in [0.2, 0.25) is 0 Å². The third-order valence-electron chi connectivity index (χ3n) is 3.39. The van der Waals surface area contributed by atoms with Crippen molar-refractivity contribution in [1.82, 2.24) is 4.98 Å². The van der Waals surface area contributed by atoms with Crippen LogP contribution in [-0.4, -0.2) is 10.9 Å². The molecule has 3 nitrogen and oxygen atoms in total. The van der Waals surface area contributed by atoms with Crippen molar-refractivity contribution >= 4 is 34.3 Å². The summed E-state index contributed by atoms with van der Waals surface area (Å²) >= 11 is 3.07. The van der Waals surface area contributed by atoms with Gasteiger partial charge in [0, 0.05) is 16.6 Å². The van der Waals surface area contributed by atoms with E-state index in [2.05, 4.69) is 17.2 Å². The van der Waals surface area contributed by atoms with E-state index < -0.39 is 0 Å². The molecule has 1 N–H and O–H groups in total. The Morgan fingerprint density at radius 2 is 2.00 bits per heavy atom. The topological polar surface area (TPSA) is 42.0 Å². The third kappa shape index (κ3) is 3.10. The van der Waals surface area contributed by atoms with Crippen LogP contribution in [-0.2, 0) is 6.42 Å². The Morgan fingerprint density at radius 1 is 1.23 bits per heavy atom. The number of carbonyl (C=O) groups is 1. The summed E-state index contributed by atoms with van der Waals surface area (Å²) in [7, 11) is 0. The molecule has 1 aromatic carbocycles. The summed E-state index contributed by atoms with van der Waals surface area (Å²) in [4.78, 5) is 17.6. The molecule has 3 aromatic rings. The molecule has 0 aliphatic heterocycles. The molecular formula is C17H16N2OS2. The Bertz CT molecular complexity index is 774. The average molecular weight is 328 g/mol. The van der Waals surface area contributed by atoms with Gasteiger partial charge in [0.2, 0.25) is 0 Å². The predicted octanol–water partition coefficient (Wildman–Crippen LogP) is 4.99. The SMILES string of the molecule is CCc1ccc(NC(=O)c2sc(-c3ccsc3)nc2C)cc1. The van der Waals surface area contributed by atoms with Crippen molar-refractivity contribution in [2.75, 3.05) is 5.32 Å². The minimum absolute atomic E-state index is 0.0965. The Hall–Kier alpha value is -1.98. The molecular weight excluding hydrogens is 312 g/mol. The van der Waals surface area contributed by atoms with Crippen molar-refractivity contribution in [3.63, 3.8) is 0 Å². The summed E-state index contributed by atoms with van der Waals surface area (Å²) in [5.41, 5.74) is 3.91. The molecule has 0 saturated heterocycles. The van der Waals surface area contributed by atoms with E-state index in [0.29, 0.717) is 4.88 Å². The quantitative estimate of drug-likeness (QED) is 0.732. The van der Waals surface area contributed by atoms with Crippen LogP contribution in [0.5, 0.6) is 0 Å². The number of amides is 1. The van der Waals surface area contributed by atoms with Crippen molar-refractivity contribution in [2.45, 2.75) is 20.3 Å². The molecule has 0 atom stereocenters. The van der Waals surface area contributed by atoms with E-state index in [-0.39, 0.29) is 5.91 Å². The summed E-state index contributed by atoms with van der Waals surface area (Å²) in [6, 6.07) is 9.96. The van der Waals surface area contributed by atoms with E-state index in [1.165, 1.54) is 16.9 Å². The lowest BCUT2D eigenvalue weighted by molar-refractivity contribution is 0.103. The molecule has 0 aliphatic carbocycles. The van der Waals surface area contributed by atoms with Crippen molar-refractivity contribution in [2.24, 2.45) is 0 Å². The number of benzene rings is 1. The first kappa shape index (κ1) is 14.9. The molecule has 3 rings (SSSR count). The number of anilines is 1. The van der Waals surface area contributed by atoms with Gasteiger partial charge in [-0.15, -0.1) is 11.3 Å². The van der Waals surface area contributed by atoms with Gasteiger partial charge in [-0.05, 0) is 42.5 Å². The standard InChI is InChI=1S/C17H16N2OS2/c1-3-12-4-6-14(7-5-12)19-16(20)15-11(2)18-17(22-15)13-8-9-21-10-13/h4-10H,3H2,1-2H3,(H,19,20). The highest BCUT2D eigenvalue weighted by Gasteiger charge is 2.16. The highest BCUT2D eigenvalue weighted by Crippen LogP contribution is 2.29. The van der Waals surface area contributed by atoms with Gasteiger partial charge in [0.25, 0.3) is 5.91 Å². The lowest BCUT2D eigenvalue weighted by Gasteiger charge is -2.04. The smallest absolute Gasteiger partial charge is 0.267 e. The Balaban J connectivity index is 1.80. The molecule has 5 heteroatoms. The van der Waals surface area contributed by atoms with Crippen LogP contribution >= 0.6 is 22.7 Å². The lowest BCUT2D eigenvalue weighted by Crippen LogP contribution is -2.11. The number of aromatic nitrogens is 1. The monoisotopic (exact) mass is 328 g/mol. The van der Waals surface area contributed by atoms with Gasteiger partial charge in [0.1, 0.15) is 9.88 Å². The number of thiazole rings is 1. The van der Waals surface area contributed by atoms with E-state index in [9.17, 15) is 4.79 Å². The predicted molar refractivity (Wildman–Crippen MR) is 93.9 cm³/mol.